The van der Waals surface area contributed by atoms with Crippen molar-refractivity contribution in [1.29, 1.82) is 0 Å². The Morgan fingerprint density at radius 1 is 1.22 bits per heavy atom. The Balaban J connectivity index is 1.63. The van der Waals surface area contributed by atoms with Crippen LogP contribution >= 0.6 is 11.6 Å². The van der Waals surface area contributed by atoms with Crippen molar-refractivity contribution in [3.8, 4) is 5.69 Å². The standard InChI is InChI=1S/C25H28ClN5O/c1-3-18-13-20-21(26)14-31(25(32)23(20)28-18)19-11-7-10-17(12-19)22(16-8-5-4-6-9-16)24-29-27-15-30(24)2/h7,10-16,22,28H,3-6,8-9H2,1-2H3/t22-/m1/s1. The van der Waals surface area contributed by atoms with E-state index in [0.29, 0.717) is 16.5 Å². The van der Waals surface area contributed by atoms with Crippen LogP contribution in [-0.2, 0) is 13.5 Å². The Kier molecular flexibility index (Phi) is 5.64. The molecule has 6 nitrogen and oxygen atoms in total. The van der Waals surface area contributed by atoms with Gasteiger partial charge in [0.2, 0.25) is 0 Å². The predicted octanol–water partition coefficient (Wildman–Crippen LogP) is 5.38. The molecule has 5 rings (SSSR count). The molecule has 0 bridgehead atoms. The van der Waals surface area contributed by atoms with Crippen LogP contribution in [0.25, 0.3) is 16.6 Å². The second kappa shape index (κ2) is 8.58. The average molecular weight is 450 g/mol. The van der Waals surface area contributed by atoms with Gasteiger partial charge in [-0.2, -0.15) is 0 Å². The second-order valence-corrected chi connectivity index (χ2v) is 9.27. The summed E-state index contributed by atoms with van der Waals surface area (Å²) in [5.74, 6) is 1.64. The van der Waals surface area contributed by atoms with Crippen LogP contribution in [0.4, 0.5) is 0 Å². The van der Waals surface area contributed by atoms with Gasteiger partial charge in [0.25, 0.3) is 5.56 Å². The van der Waals surface area contributed by atoms with E-state index in [1.165, 1.54) is 32.1 Å². The maximum atomic E-state index is 13.3. The highest BCUT2D eigenvalue weighted by atomic mass is 35.5. The van der Waals surface area contributed by atoms with Crippen LogP contribution in [0.15, 0.2) is 47.7 Å². The van der Waals surface area contributed by atoms with Crippen LogP contribution in [0.5, 0.6) is 0 Å². The zero-order valence-electron chi connectivity index (χ0n) is 18.5. The summed E-state index contributed by atoms with van der Waals surface area (Å²) in [5, 5.41) is 9.97. The molecule has 4 aromatic rings. The summed E-state index contributed by atoms with van der Waals surface area (Å²) >= 11 is 6.58. The molecule has 0 aliphatic heterocycles. The fraction of sp³-hybridized carbons (Fsp3) is 0.400. The first-order valence-electron chi connectivity index (χ1n) is 11.4. The zero-order chi connectivity index (χ0) is 22.2. The Hall–Kier alpha value is -2.86. The molecule has 3 aromatic heterocycles. The molecule has 1 atom stereocenters. The summed E-state index contributed by atoms with van der Waals surface area (Å²) in [4.78, 5) is 16.6. The lowest BCUT2D eigenvalue weighted by Crippen LogP contribution is -2.22. The molecular weight excluding hydrogens is 422 g/mol. The van der Waals surface area contributed by atoms with E-state index in [-0.39, 0.29) is 11.5 Å². The van der Waals surface area contributed by atoms with E-state index >= 15 is 0 Å². The fourth-order valence-corrected chi connectivity index (χ4v) is 5.40. The Morgan fingerprint density at radius 3 is 2.75 bits per heavy atom. The van der Waals surface area contributed by atoms with Gasteiger partial charge in [-0.05, 0) is 48.9 Å². The molecule has 0 spiro atoms. The lowest BCUT2D eigenvalue weighted by Gasteiger charge is -2.30. The molecule has 1 N–H and O–H groups in total. The molecule has 166 valence electrons. The number of halogens is 1. The molecule has 0 radical (unpaired) electrons. The van der Waals surface area contributed by atoms with Gasteiger partial charge in [-0.15, -0.1) is 10.2 Å². The van der Waals surface area contributed by atoms with Crippen LogP contribution in [-0.4, -0.2) is 24.3 Å². The first-order valence-corrected chi connectivity index (χ1v) is 11.8. The molecule has 7 heteroatoms. The largest absolute Gasteiger partial charge is 0.354 e. The fourth-order valence-electron chi connectivity index (χ4n) is 5.15. The Labute approximate surface area is 192 Å². The van der Waals surface area contributed by atoms with Gasteiger partial charge in [0.1, 0.15) is 17.7 Å². The highest BCUT2D eigenvalue weighted by molar-refractivity contribution is 6.35. The lowest BCUT2D eigenvalue weighted by atomic mass is 9.76. The monoisotopic (exact) mass is 449 g/mol. The van der Waals surface area contributed by atoms with E-state index in [1.54, 1.807) is 17.1 Å². The summed E-state index contributed by atoms with van der Waals surface area (Å²) < 4.78 is 3.67. The SMILES string of the molecule is CCc1cc2c(Cl)cn(-c3cccc([C@H](c4nncn4C)C4CCCCC4)c3)c(=O)c2[nH]1. The Bertz CT molecular complexity index is 1310. The van der Waals surface area contributed by atoms with Crippen LogP contribution in [0.3, 0.4) is 0 Å². The molecule has 1 aromatic carbocycles. The van der Waals surface area contributed by atoms with Gasteiger partial charge in [0.15, 0.2) is 0 Å². The van der Waals surface area contributed by atoms with Crippen LogP contribution < -0.4 is 5.56 Å². The van der Waals surface area contributed by atoms with Gasteiger partial charge >= 0.3 is 0 Å². The third-order valence-corrected chi connectivity index (χ3v) is 7.14. The van der Waals surface area contributed by atoms with Gasteiger partial charge in [-0.1, -0.05) is 49.9 Å². The molecule has 1 fully saturated rings. The highest BCUT2D eigenvalue weighted by Gasteiger charge is 2.30. The minimum atomic E-state index is -0.0888. The van der Waals surface area contributed by atoms with E-state index in [9.17, 15) is 4.79 Å². The maximum Gasteiger partial charge on any atom is 0.279 e. The van der Waals surface area contributed by atoms with E-state index in [0.717, 1.165) is 34.6 Å². The maximum absolute atomic E-state index is 13.3. The van der Waals surface area contributed by atoms with Crippen molar-refractivity contribution in [3.05, 3.63) is 75.3 Å². The summed E-state index contributed by atoms with van der Waals surface area (Å²) in [6.45, 7) is 2.05. The van der Waals surface area contributed by atoms with E-state index in [2.05, 4.69) is 34.2 Å². The number of aryl methyl sites for hydroxylation is 2. The molecule has 1 saturated carbocycles. The molecule has 32 heavy (non-hydrogen) atoms. The van der Waals surface area contributed by atoms with Crippen molar-refractivity contribution in [2.45, 2.75) is 51.4 Å². The van der Waals surface area contributed by atoms with Gasteiger partial charge < -0.3 is 9.55 Å². The smallest absolute Gasteiger partial charge is 0.279 e. The van der Waals surface area contributed by atoms with Crippen molar-refractivity contribution in [2.24, 2.45) is 13.0 Å². The van der Waals surface area contributed by atoms with Crippen molar-refractivity contribution < 1.29 is 0 Å². The number of nitrogens with zero attached hydrogens (tertiary/aromatic N) is 4. The third kappa shape index (κ3) is 3.66. The third-order valence-electron chi connectivity index (χ3n) is 6.84. The predicted molar refractivity (Wildman–Crippen MR) is 128 cm³/mol. The molecule has 0 unspecified atom stereocenters. The van der Waals surface area contributed by atoms with Crippen LogP contribution in [0, 0.1) is 5.92 Å². The van der Waals surface area contributed by atoms with Crippen molar-refractivity contribution >= 4 is 22.5 Å². The molecular formula is C25H28ClN5O. The first-order chi connectivity index (χ1) is 15.6. The zero-order valence-corrected chi connectivity index (χ0v) is 19.3. The summed E-state index contributed by atoms with van der Waals surface area (Å²) in [6.07, 6.45) is 10.5. The topological polar surface area (TPSA) is 68.5 Å². The number of hydrogen-bond acceptors (Lipinski definition) is 3. The number of hydrogen-bond donors (Lipinski definition) is 1. The number of aromatic amines is 1. The molecule has 0 saturated heterocycles. The van der Waals surface area contributed by atoms with E-state index < -0.39 is 0 Å². The summed E-state index contributed by atoms with van der Waals surface area (Å²) in [7, 11) is 2.00. The number of rotatable bonds is 5. The van der Waals surface area contributed by atoms with Gasteiger partial charge in [-0.25, -0.2) is 0 Å². The van der Waals surface area contributed by atoms with Gasteiger partial charge in [0, 0.05) is 35.9 Å². The highest BCUT2D eigenvalue weighted by Crippen LogP contribution is 2.40. The van der Waals surface area contributed by atoms with Crippen LogP contribution in [0.2, 0.25) is 5.02 Å². The number of pyridine rings is 1. The molecule has 3 heterocycles. The molecule has 1 aliphatic rings. The van der Waals surface area contributed by atoms with Crippen molar-refractivity contribution in [3.63, 3.8) is 0 Å². The normalized spacial score (nSPS) is 16.0. The van der Waals surface area contributed by atoms with Gasteiger partial charge in [-0.3, -0.25) is 9.36 Å². The number of benzene rings is 1. The number of aromatic nitrogens is 5. The van der Waals surface area contributed by atoms with Crippen molar-refractivity contribution in [1.82, 2.24) is 24.3 Å². The van der Waals surface area contributed by atoms with E-state index in [4.69, 9.17) is 11.6 Å². The quantitative estimate of drug-likeness (QED) is 0.445. The van der Waals surface area contributed by atoms with Crippen molar-refractivity contribution in [2.75, 3.05) is 0 Å². The lowest BCUT2D eigenvalue weighted by molar-refractivity contribution is 0.318. The number of H-pyrrole nitrogens is 1. The van der Waals surface area contributed by atoms with E-state index in [1.807, 2.05) is 29.8 Å². The number of nitrogens with one attached hydrogen (secondary N) is 1. The molecule has 0 amide bonds. The van der Waals surface area contributed by atoms with Crippen LogP contribution in [0.1, 0.15) is 62.0 Å². The minimum absolute atomic E-state index is 0.0888. The minimum Gasteiger partial charge on any atom is -0.354 e. The van der Waals surface area contributed by atoms with Gasteiger partial charge in [0.05, 0.1) is 5.02 Å². The Morgan fingerprint density at radius 2 is 2.03 bits per heavy atom. The average Bonchev–Trinajstić information content (AvgIpc) is 3.45. The summed E-state index contributed by atoms with van der Waals surface area (Å²) in [6, 6.07) is 10.2. The molecule has 1 aliphatic carbocycles. The summed E-state index contributed by atoms with van der Waals surface area (Å²) in [5.41, 5.74) is 3.44. The number of fused-ring (bicyclic) bond motifs is 1. The first kappa shape index (κ1) is 21.0. The second-order valence-electron chi connectivity index (χ2n) is 8.86.